The van der Waals surface area contributed by atoms with Gasteiger partial charge in [0.1, 0.15) is 12.4 Å². The molecule has 2 aromatic rings. The number of hydrogen-bond acceptors (Lipinski definition) is 5. The van der Waals surface area contributed by atoms with Crippen LogP contribution in [0.2, 0.25) is 10.0 Å². The minimum absolute atomic E-state index is 0.0394. The van der Waals surface area contributed by atoms with Crippen LogP contribution < -0.4 is 15.4 Å². The lowest BCUT2D eigenvalue weighted by Gasteiger charge is -2.26. The maximum absolute atomic E-state index is 13.3. The first-order valence-corrected chi connectivity index (χ1v) is 13.0. The van der Waals surface area contributed by atoms with Gasteiger partial charge in [0.2, 0.25) is 5.91 Å². The van der Waals surface area contributed by atoms with E-state index >= 15 is 0 Å². The quantitative estimate of drug-likeness (QED) is 0.617. The summed E-state index contributed by atoms with van der Waals surface area (Å²) in [5.41, 5.74) is 0.459. The van der Waals surface area contributed by atoms with Gasteiger partial charge in [-0.3, -0.25) is 19.1 Å². The molecule has 3 amide bonds. The van der Waals surface area contributed by atoms with Gasteiger partial charge < -0.3 is 20.3 Å². The number of rotatable bonds is 4. The summed E-state index contributed by atoms with van der Waals surface area (Å²) >= 11 is 12.4. The SMILES string of the molecule is CCCn1cc(Cl)c(C(=O)N2CCCCNC(=O)c3cc(Cl)ccc3OC[C@@H](C(C)C)NC(=O)C2)n1. The summed E-state index contributed by atoms with van der Waals surface area (Å²) in [5, 5.41) is 10.9. The van der Waals surface area contributed by atoms with Crippen LogP contribution in [0.3, 0.4) is 0 Å². The molecule has 0 bridgehead atoms. The van der Waals surface area contributed by atoms with Gasteiger partial charge in [0.05, 0.1) is 23.2 Å². The molecule has 0 saturated carbocycles. The standard InChI is InChI=1S/C25H33Cl2N5O4/c1-4-10-32-13-19(27)23(30-32)25(35)31-11-6-5-9-28-24(34)18-12-17(26)7-8-21(18)36-15-20(16(2)3)29-22(33)14-31/h7-8,12-13,16,20H,4-6,9-11,14-15H2,1-3H3,(H,28,34)(H,29,33)/t20-/m0/s1. The molecule has 36 heavy (non-hydrogen) atoms. The molecule has 0 spiro atoms. The lowest BCUT2D eigenvalue weighted by molar-refractivity contribution is -0.123. The van der Waals surface area contributed by atoms with Crippen LogP contribution >= 0.6 is 23.2 Å². The largest absolute Gasteiger partial charge is 0.491 e. The maximum atomic E-state index is 13.3. The topological polar surface area (TPSA) is 106 Å². The highest BCUT2D eigenvalue weighted by Crippen LogP contribution is 2.24. The lowest BCUT2D eigenvalue weighted by atomic mass is 10.1. The van der Waals surface area contributed by atoms with Crippen LogP contribution in [-0.4, -0.2) is 64.7 Å². The molecule has 1 aromatic carbocycles. The zero-order chi connectivity index (χ0) is 26.2. The van der Waals surface area contributed by atoms with Crippen LogP contribution in [0, 0.1) is 5.92 Å². The summed E-state index contributed by atoms with van der Waals surface area (Å²) < 4.78 is 7.59. The zero-order valence-electron chi connectivity index (χ0n) is 20.9. The minimum atomic E-state index is -0.405. The second kappa shape index (κ2) is 13.0. The summed E-state index contributed by atoms with van der Waals surface area (Å²) in [7, 11) is 0. The fourth-order valence-electron chi connectivity index (χ4n) is 3.82. The number of fused-ring (bicyclic) bond motifs is 1. The molecule has 9 nitrogen and oxygen atoms in total. The van der Waals surface area contributed by atoms with Crippen molar-refractivity contribution in [2.24, 2.45) is 5.92 Å². The molecular formula is C25H33Cl2N5O4. The van der Waals surface area contributed by atoms with Crippen molar-refractivity contribution in [3.8, 4) is 5.75 Å². The van der Waals surface area contributed by atoms with Crippen LogP contribution in [0.5, 0.6) is 5.75 Å². The second-order valence-electron chi connectivity index (χ2n) is 9.15. The van der Waals surface area contributed by atoms with Crippen LogP contribution in [0.15, 0.2) is 24.4 Å². The van der Waals surface area contributed by atoms with E-state index in [1.54, 1.807) is 29.1 Å². The highest BCUT2D eigenvalue weighted by Gasteiger charge is 2.26. The minimum Gasteiger partial charge on any atom is -0.491 e. The Morgan fingerprint density at radius 3 is 2.75 bits per heavy atom. The first-order valence-electron chi connectivity index (χ1n) is 12.2. The number of nitrogens with one attached hydrogen (secondary N) is 2. The first-order chi connectivity index (χ1) is 17.2. The molecule has 0 saturated heterocycles. The van der Waals surface area contributed by atoms with E-state index in [1.807, 2.05) is 20.8 Å². The number of carbonyl (C=O) groups is 3. The Bertz CT molecular complexity index is 1090. The van der Waals surface area contributed by atoms with Gasteiger partial charge in [-0.2, -0.15) is 5.10 Å². The number of ether oxygens (including phenoxy) is 1. The van der Waals surface area contributed by atoms with Crippen LogP contribution in [0.4, 0.5) is 0 Å². The molecule has 11 heteroatoms. The van der Waals surface area contributed by atoms with Crippen molar-refractivity contribution >= 4 is 40.9 Å². The van der Waals surface area contributed by atoms with E-state index in [-0.39, 0.29) is 47.6 Å². The van der Waals surface area contributed by atoms with E-state index < -0.39 is 5.91 Å². The van der Waals surface area contributed by atoms with Crippen LogP contribution in [0.1, 0.15) is 60.9 Å². The van der Waals surface area contributed by atoms with Crippen molar-refractivity contribution in [3.63, 3.8) is 0 Å². The van der Waals surface area contributed by atoms with E-state index in [2.05, 4.69) is 15.7 Å². The van der Waals surface area contributed by atoms with Gasteiger partial charge >= 0.3 is 0 Å². The molecule has 0 fully saturated rings. The van der Waals surface area contributed by atoms with Crippen molar-refractivity contribution in [3.05, 3.63) is 45.7 Å². The Morgan fingerprint density at radius 1 is 1.25 bits per heavy atom. The Balaban J connectivity index is 1.82. The van der Waals surface area contributed by atoms with E-state index in [9.17, 15) is 14.4 Å². The number of carbonyl (C=O) groups excluding carboxylic acids is 3. The van der Waals surface area contributed by atoms with Crippen molar-refractivity contribution < 1.29 is 19.1 Å². The van der Waals surface area contributed by atoms with Crippen molar-refractivity contribution in [2.75, 3.05) is 26.2 Å². The highest BCUT2D eigenvalue weighted by molar-refractivity contribution is 6.33. The number of amides is 3. The average molecular weight is 538 g/mol. The van der Waals surface area contributed by atoms with Crippen molar-refractivity contribution in [2.45, 2.75) is 52.6 Å². The molecule has 1 aliphatic heterocycles. The van der Waals surface area contributed by atoms with E-state index in [1.165, 1.54) is 4.90 Å². The van der Waals surface area contributed by atoms with E-state index in [0.717, 1.165) is 6.42 Å². The molecule has 1 atom stereocenters. The number of hydrogen-bond donors (Lipinski definition) is 2. The Labute approximate surface area is 221 Å². The summed E-state index contributed by atoms with van der Waals surface area (Å²) in [6, 6.07) is 4.52. The van der Waals surface area contributed by atoms with Crippen molar-refractivity contribution in [1.29, 1.82) is 0 Å². The average Bonchev–Trinajstić information content (AvgIpc) is 3.20. The predicted molar refractivity (Wildman–Crippen MR) is 139 cm³/mol. The highest BCUT2D eigenvalue weighted by atomic mass is 35.5. The van der Waals surface area contributed by atoms with E-state index in [0.29, 0.717) is 48.8 Å². The van der Waals surface area contributed by atoms with Crippen molar-refractivity contribution in [1.82, 2.24) is 25.3 Å². The smallest absolute Gasteiger partial charge is 0.276 e. The Hall–Kier alpha value is -2.78. The third-order valence-electron chi connectivity index (χ3n) is 5.89. The van der Waals surface area contributed by atoms with Crippen LogP contribution in [-0.2, 0) is 11.3 Å². The summed E-state index contributed by atoms with van der Waals surface area (Å²) in [4.78, 5) is 40.6. The Kier molecular flexibility index (Phi) is 10.0. The van der Waals surface area contributed by atoms with E-state index in [4.69, 9.17) is 27.9 Å². The van der Waals surface area contributed by atoms with Gasteiger partial charge in [-0.05, 0) is 43.4 Å². The third kappa shape index (κ3) is 7.36. The molecular weight excluding hydrogens is 505 g/mol. The number of benzene rings is 1. The fourth-order valence-corrected chi connectivity index (χ4v) is 4.23. The maximum Gasteiger partial charge on any atom is 0.276 e. The second-order valence-corrected chi connectivity index (χ2v) is 9.99. The van der Waals surface area contributed by atoms with Gasteiger partial charge in [-0.1, -0.05) is 44.0 Å². The predicted octanol–water partition coefficient (Wildman–Crippen LogP) is 3.79. The molecule has 196 valence electrons. The normalized spacial score (nSPS) is 17.9. The molecule has 3 rings (SSSR count). The zero-order valence-corrected chi connectivity index (χ0v) is 22.4. The molecule has 1 aliphatic rings. The van der Waals surface area contributed by atoms with Crippen LogP contribution in [0.25, 0.3) is 0 Å². The summed E-state index contributed by atoms with van der Waals surface area (Å²) in [6.07, 6.45) is 3.63. The molecule has 1 aromatic heterocycles. The molecule has 0 radical (unpaired) electrons. The number of aryl methyl sites for hydroxylation is 1. The molecule has 0 aliphatic carbocycles. The van der Waals surface area contributed by atoms with Gasteiger partial charge in [0, 0.05) is 30.9 Å². The number of halogens is 2. The number of aromatic nitrogens is 2. The summed E-state index contributed by atoms with van der Waals surface area (Å²) in [5.74, 6) is -0.583. The third-order valence-corrected chi connectivity index (χ3v) is 6.40. The van der Waals surface area contributed by atoms with Gasteiger partial charge in [-0.15, -0.1) is 0 Å². The lowest BCUT2D eigenvalue weighted by Crippen LogP contribution is -2.48. The first kappa shape index (κ1) is 27.8. The van der Waals surface area contributed by atoms with Gasteiger partial charge in [0.15, 0.2) is 5.69 Å². The fraction of sp³-hybridized carbons (Fsp3) is 0.520. The monoisotopic (exact) mass is 537 g/mol. The molecule has 2 heterocycles. The van der Waals surface area contributed by atoms with Gasteiger partial charge in [-0.25, -0.2) is 0 Å². The Morgan fingerprint density at radius 2 is 2.03 bits per heavy atom. The molecule has 2 N–H and O–H groups in total. The summed E-state index contributed by atoms with van der Waals surface area (Å²) in [6.45, 7) is 7.26. The molecule has 0 unspecified atom stereocenters. The number of nitrogens with zero attached hydrogens (tertiary/aromatic N) is 3. The van der Waals surface area contributed by atoms with Gasteiger partial charge in [0.25, 0.3) is 11.8 Å².